The summed E-state index contributed by atoms with van der Waals surface area (Å²) in [5, 5.41) is 0. The van der Waals surface area contributed by atoms with E-state index in [-0.39, 0.29) is 18.6 Å². The molecule has 0 N–H and O–H groups in total. The minimum Gasteiger partial charge on any atom is -0.364 e. The van der Waals surface area contributed by atoms with Gasteiger partial charge < -0.3 is 14.2 Å². The second-order valence-corrected chi connectivity index (χ2v) is 8.30. The summed E-state index contributed by atoms with van der Waals surface area (Å²) in [5.74, 6) is 2.59. The third-order valence-corrected chi connectivity index (χ3v) is 6.29. The maximum atomic E-state index is 13.0. The van der Waals surface area contributed by atoms with Crippen molar-refractivity contribution in [3.8, 4) is 5.82 Å². The van der Waals surface area contributed by atoms with Crippen LogP contribution in [-0.4, -0.2) is 48.0 Å². The molecule has 0 spiro atoms. The molecule has 4 aromatic rings. The van der Waals surface area contributed by atoms with Crippen LogP contribution in [0, 0.1) is 0 Å². The number of para-hydroxylation sites is 2. The van der Waals surface area contributed by atoms with Crippen LogP contribution in [0.5, 0.6) is 0 Å². The van der Waals surface area contributed by atoms with Crippen LogP contribution >= 0.6 is 0 Å². The Morgan fingerprint density at radius 3 is 2.85 bits per heavy atom. The third kappa shape index (κ3) is 4.14. The molecule has 0 saturated carbocycles. The Kier molecular flexibility index (Phi) is 5.92. The number of pyridine rings is 1. The summed E-state index contributed by atoms with van der Waals surface area (Å²) in [7, 11) is 1.97. The Hall–Kier alpha value is -3.52. The minimum absolute atomic E-state index is 0.0136. The molecule has 8 nitrogen and oxygen atoms in total. The van der Waals surface area contributed by atoms with Gasteiger partial charge >= 0.3 is 0 Å². The molecule has 5 rings (SSSR count). The lowest BCUT2D eigenvalue weighted by Crippen LogP contribution is -2.34. The maximum absolute atomic E-state index is 13.0. The van der Waals surface area contributed by atoms with Gasteiger partial charge in [0.25, 0.3) is 0 Å². The first-order chi connectivity index (χ1) is 16.2. The van der Waals surface area contributed by atoms with Gasteiger partial charge in [0.05, 0.1) is 22.8 Å². The molecule has 0 aliphatic carbocycles. The maximum Gasteiger partial charge on any atom is 0.249 e. The average Bonchev–Trinajstić information content (AvgIpc) is 3.58. The second-order valence-electron chi connectivity index (χ2n) is 8.30. The number of imidazole rings is 2. The number of hydrogen-bond acceptors (Lipinski definition) is 5. The zero-order valence-electron chi connectivity index (χ0n) is 19.0. The van der Waals surface area contributed by atoms with E-state index >= 15 is 0 Å². The smallest absolute Gasteiger partial charge is 0.249 e. The molecule has 1 atom stereocenters. The van der Waals surface area contributed by atoms with Gasteiger partial charge in [0.2, 0.25) is 5.91 Å². The van der Waals surface area contributed by atoms with Crippen molar-refractivity contribution in [2.24, 2.45) is 7.05 Å². The van der Waals surface area contributed by atoms with Gasteiger partial charge in [-0.15, -0.1) is 0 Å². The number of fused-ring (bicyclic) bond motifs is 1. The van der Waals surface area contributed by atoms with Crippen molar-refractivity contribution in [2.45, 2.75) is 38.8 Å². The van der Waals surface area contributed by atoms with E-state index in [0.29, 0.717) is 6.61 Å². The Bertz CT molecular complexity index is 1280. The van der Waals surface area contributed by atoms with Gasteiger partial charge in [0, 0.05) is 32.4 Å². The van der Waals surface area contributed by atoms with Gasteiger partial charge in [-0.3, -0.25) is 9.36 Å². The zero-order chi connectivity index (χ0) is 22.8. The van der Waals surface area contributed by atoms with Crippen molar-refractivity contribution in [2.75, 3.05) is 13.2 Å². The number of carbonyl (C=O) groups excluding carboxylic acids is 1. The van der Waals surface area contributed by atoms with E-state index < -0.39 is 0 Å². The van der Waals surface area contributed by atoms with Crippen LogP contribution in [0.2, 0.25) is 0 Å². The van der Waals surface area contributed by atoms with Gasteiger partial charge in [-0.25, -0.2) is 15.0 Å². The summed E-state index contributed by atoms with van der Waals surface area (Å²) < 4.78 is 9.81. The number of amides is 1. The number of benzene rings is 1. The van der Waals surface area contributed by atoms with Crippen molar-refractivity contribution in [1.82, 2.24) is 29.0 Å². The minimum atomic E-state index is -0.0367. The monoisotopic (exact) mass is 444 g/mol. The van der Waals surface area contributed by atoms with E-state index in [9.17, 15) is 4.79 Å². The molecule has 4 heterocycles. The molecule has 1 aromatic carbocycles. The topological polar surface area (TPSA) is 78.1 Å². The van der Waals surface area contributed by atoms with E-state index in [4.69, 9.17) is 9.72 Å². The van der Waals surface area contributed by atoms with E-state index in [2.05, 4.69) is 16.9 Å². The van der Waals surface area contributed by atoms with Gasteiger partial charge in [-0.2, -0.15) is 0 Å². The van der Waals surface area contributed by atoms with E-state index in [1.54, 1.807) is 6.20 Å². The van der Waals surface area contributed by atoms with Crippen molar-refractivity contribution >= 4 is 16.9 Å². The number of ether oxygens (including phenoxy) is 1. The number of nitrogens with zero attached hydrogens (tertiary/aromatic N) is 6. The molecule has 0 unspecified atom stereocenters. The Labute approximate surface area is 192 Å². The Balaban J connectivity index is 1.26. The highest BCUT2D eigenvalue weighted by Crippen LogP contribution is 2.31. The van der Waals surface area contributed by atoms with Gasteiger partial charge in [-0.05, 0) is 37.1 Å². The molecule has 8 heteroatoms. The molecule has 1 saturated heterocycles. The average molecular weight is 445 g/mol. The van der Waals surface area contributed by atoms with E-state index in [0.717, 1.165) is 60.0 Å². The number of hydrogen-bond donors (Lipinski definition) is 0. The van der Waals surface area contributed by atoms with Crippen molar-refractivity contribution < 1.29 is 9.53 Å². The van der Waals surface area contributed by atoms with Crippen LogP contribution in [0.15, 0.2) is 54.9 Å². The lowest BCUT2D eigenvalue weighted by Gasteiger charge is -2.24. The highest BCUT2D eigenvalue weighted by Gasteiger charge is 2.31. The van der Waals surface area contributed by atoms with Crippen LogP contribution in [0.25, 0.3) is 16.9 Å². The molecule has 1 fully saturated rings. The van der Waals surface area contributed by atoms with Crippen molar-refractivity contribution in [1.29, 1.82) is 0 Å². The lowest BCUT2D eigenvalue weighted by molar-refractivity contribution is -0.137. The van der Waals surface area contributed by atoms with Crippen LogP contribution < -0.4 is 0 Å². The first kappa shape index (κ1) is 21.3. The van der Waals surface area contributed by atoms with Crippen LogP contribution in [0.1, 0.15) is 43.1 Å². The lowest BCUT2D eigenvalue weighted by atomic mass is 10.1. The summed E-state index contributed by atoms with van der Waals surface area (Å²) in [4.78, 5) is 28.8. The summed E-state index contributed by atoms with van der Waals surface area (Å²) in [5.41, 5.74) is 2.89. The van der Waals surface area contributed by atoms with Gasteiger partial charge in [-0.1, -0.05) is 25.1 Å². The van der Waals surface area contributed by atoms with Gasteiger partial charge in [0.1, 0.15) is 30.7 Å². The number of rotatable bonds is 7. The Morgan fingerprint density at radius 2 is 2.00 bits per heavy atom. The molecular formula is C25H28N6O2. The number of likely N-dealkylation sites (tertiary alicyclic amines) is 1. The number of aromatic nitrogens is 5. The van der Waals surface area contributed by atoms with E-state index in [1.165, 1.54) is 0 Å². The number of aryl methyl sites for hydroxylation is 2. The SMILES string of the molecule is CCc1nccn1-c1cccc([C@@H]2CCCN2C(=O)COCc2nc3ccccc3n2C)n1. The van der Waals surface area contributed by atoms with E-state index in [1.807, 2.05) is 69.7 Å². The molecule has 170 valence electrons. The molecule has 0 radical (unpaired) electrons. The highest BCUT2D eigenvalue weighted by molar-refractivity contribution is 5.78. The summed E-state index contributed by atoms with van der Waals surface area (Å²) in [6.07, 6.45) is 6.41. The first-order valence-corrected chi connectivity index (χ1v) is 11.4. The fraction of sp³-hybridized carbons (Fsp3) is 0.360. The predicted molar refractivity (Wildman–Crippen MR) is 125 cm³/mol. The van der Waals surface area contributed by atoms with Crippen LogP contribution in [0.3, 0.4) is 0 Å². The normalized spacial score (nSPS) is 16.1. The summed E-state index contributed by atoms with van der Waals surface area (Å²) >= 11 is 0. The molecule has 3 aromatic heterocycles. The Morgan fingerprint density at radius 1 is 1.12 bits per heavy atom. The van der Waals surface area contributed by atoms with Crippen LogP contribution in [0.4, 0.5) is 0 Å². The summed E-state index contributed by atoms with van der Waals surface area (Å²) in [6, 6.07) is 13.9. The fourth-order valence-electron chi connectivity index (χ4n) is 4.57. The molecule has 33 heavy (non-hydrogen) atoms. The quantitative estimate of drug-likeness (QED) is 0.435. The van der Waals surface area contributed by atoms with Crippen molar-refractivity contribution in [3.05, 3.63) is 72.2 Å². The second kappa shape index (κ2) is 9.15. The molecule has 0 bridgehead atoms. The molecule has 1 amide bonds. The van der Waals surface area contributed by atoms with Crippen LogP contribution in [-0.2, 0) is 29.6 Å². The fourth-order valence-corrected chi connectivity index (χ4v) is 4.57. The highest BCUT2D eigenvalue weighted by atomic mass is 16.5. The predicted octanol–water partition coefficient (Wildman–Crippen LogP) is 3.60. The standard InChI is InChI=1S/C25H28N6O2/c1-3-22-26-13-15-31(22)23-12-6-9-19(27-23)21-11-7-14-30(21)25(32)17-33-16-24-28-18-8-4-5-10-20(18)29(24)2/h4-6,8-10,12-13,15,21H,3,7,11,14,16-17H2,1-2H3/t21-/m0/s1. The number of carbonyl (C=O) groups is 1. The molecule has 1 aliphatic rings. The first-order valence-electron chi connectivity index (χ1n) is 11.4. The summed E-state index contributed by atoms with van der Waals surface area (Å²) in [6.45, 7) is 3.12. The van der Waals surface area contributed by atoms with Crippen molar-refractivity contribution in [3.63, 3.8) is 0 Å². The van der Waals surface area contributed by atoms with Gasteiger partial charge in [0.15, 0.2) is 0 Å². The largest absolute Gasteiger partial charge is 0.364 e. The zero-order valence-corrected chi connectivity index (χ0v) is 19.0. The molecular weight excluding hydrogens is 416 g/mol. The molecule has 1 aliphatic heterocycles. The third-order valence-electron chi connectivity index (χ3n) is 6.29.